The minimum Gasteiger partial charge on any atom is -0.508 e. The Hall–Kier alpha value is -1.82. The summed E-state index contributed by atoms with van der Waals surface area (Å²) in [6.07, 6.45) is -0.410. The van der Waals surface area contributed by atoms with E-state index in [1.165, 1.54) is 18.2 Å². The molecule has 0 aliphatic carbocycles. The first-order valence-corrected chi connectivity index (χ1v) is 8.06. The van der Waals surface area contributed by atoms with Gasteiger partial charge in [0.05, 0.1) is 6.42 Å². The van der Waals surface area contributed by atoms with E-state index in [0.717, 1.165) is 11.6 Å². The minimum absolute atomic E-state index is 0.0934. The lowest BCUT2D eigenvalue weighted by Gasteiger charge is -2.26. The molecule has 1 aliphatic heterocycles. The predicted molar refractivity (Wildman–Crippen MR) is 91.5 cm³/mol. The van der Waals surface area contributed by atoms with Crippen LogP contribution in [0.4, 0.5) is 0 Å². The lowest BCUT2D eigenvalue weighted by Crippen LogP contribution is -2.20. The zero-order chi connectivity index (χ0) is 17.9. The second kappa shape index (κ2) is 7.83. The number of rotatable bonds is 1. The summed E-state index contributed by atoms with van der Waals surface area (Å²) in [5.74, 6) is -0.403. The summed E-state index contributed by atoms with van der Waals surface area (Å²) in [5.41, 5.74) is 0.836. The van der Waals surface area contributed by atoms with Gasteiger partial charge in [-0.2, -0.15) is 0 Å². The molecule has 1 heterocycles. The molecule has 0 spiro atoms. The first-order chi connectivity index (χ1) is 11.3. The first-order valence-electron chi connectivity index (χ1n) is 6.75. The summed E-state index contributed by atoms with van der Waals surface area (Å²) in [4.78, 5) is 12.1. The van der Waals surface area contributed by atoms with E-state index in [1.54, 1.807) is 12.1 Å². The molecule has 0 saturated heterocycles. The minimum atomic E-state index is -0.750. The van der Waals surface area contributed by atoms with Crippen LogP contribution in [0.3, 0.4) is 0 Å². The molecule has 2 aromatic rings. The van der Waals surface area contributed by atoms with Crippen LogP contribution in [0.5, 0.6) is 23.0 Å². The third kappa shape index (κ3) is 4.60. The molecule has 0 radical (unpaired) electrons. The Morgan fingerprint density at radius 2 is 1.58 bits per heavy atom. The van der Waals surface area contributed by atoms with Gasteiger partial charge < -0.3 is 20.1 Å². The molecule has 8 heteroatoms. The molecule has 1 atom stereocenters. The van der Waals surface area contributed by atoms with E-state index in [2.05, 4.69) is 0 Å². The van der Waals surface area contributed by atoms with Crippen molar-refractivity contribution in [2.75, 3.05) is 0 Å². The number of benzene rings is 2. The number of Topliss-reactive ketones (excluding diaryl/α,β-unsaturated/α-hetero) is 1. The molecule has 128 valence electrons. The van der Waals surface area contributed by atoms with E-state index in [1.807, 2.05) is 0 Å². The van der Waals surface area contributed by atoms with Gasteiger partial charge in [-0.15, -0.1) is 0 Å². The zero-order valence-electron chi connectivity index (χ0n) is 12.1. The summed E-state index contributed by atoms with van der Waals surface area (Å²) >= 11 is 14.4. The van der Waals surface area contributed by atoms with E-state index in [0.29, 0.717) is 0 Å². The Bertz CT molecular complexity index is 728. The maximum Gasteiger partial charge on any atom is 0.180 e. The Labute approximate surface area is 153 Å². The highest BCUT2D eigenvalue weighted by Gasteiger charge is 2.30. The fourth-order valence-corrected chi connectivity index (χ4v) is 2.30. The van der Waals surface area contributed by atoms with Gasteiger partial charge in [0.1, 0.15) is 34.7 Å². The third-order valence-corrected chi connectivity index (χ3v) is 3.25. The average molecular weight is 392 g/mol. The highest BCUT2D eigenvalue weighted by molar-refractivity contribution is 6.63. The summed E-state index contributed by atoms with van der Waals surface area (Å²) in [6.45, 7) is 0. The quantitative estimate of drug-likeness (QED) is 0.623. The van der Waals surface area contributed by atoms with Crippen LogP contribution in [0.2, 0.25) is 0 Å². The number of carbonyl (C=O) groups is 1. The number of hydrogen-bond donors (Lipinski definition) is 3. The van der Waals surface area contributed by atoms with Crippen molar-refractivity contribution in [1.82, 2.24) is 0 Å². The number of aromatic hydroxyl groups is 3. The van der Waals surface area contributed by atoms with Crippen molar-refractivity contribution in [3.63, 3.8) is 0 Å². The van der Waals surface area contributed by atoms with Crippen molar-refractivity contribution < 1.29 is 24.9 Å². The Balaban J connectivity index is 0.000000471. The molecule has 5 nitrogen and oxygen atoms in total. The second-order valence-electron chi connectivity index (χ2n) is 4.91. The number of phenolic OH excluding ortho intramolecular Hbond substituents is 3. The van der Waals surface area contributed by atoms with Crippen molar-refractivity contribution in [2.24, 2.45) is 0 Å². The maximum atomic E-state index is 12.1. The molecule has 0 amide bonds. The number of fused-ring (bicyclic) bond motifs is 1. The van der Waals surface area contributed by atoms with Crippen LogP contribution < -0.4 is 4.74 Å². The molecule has 0 aromatic heterocycles. The van der Waals surface area contributed by atoms with Gasteiger partial charge in [0.2, 0.25) is 0 Å². The molecule has 3 rings (SSSR count). The van der Waals surface area contributed by atoms with Gasteiger partial charge in [-0.25, -0.2) is 0 Å². The van der Waals surface area contributed by atoms with E-state index in [-0.39, 0.29) is 40.8 Å². The SMILES string of the molecule is ClC(Cl)Cl.O=C1C[C@@H](c2ccc(O)cc2)Oc2cc(O)cc(O)c21. The van der Waals surface area contributed by atoms with E-state index in [9.17, 15) is 20.1 Å². The molecule has 1 aliphatic rings. The number of ether oxygens (including phenoxy) is 1. The number of carbonyl (C=O) groups excluding carboxylic acids is 1. The topological polar surface area (TPSA) is 87.0 Å². The molecule has 0 unspecified atom stereocenters. The summed E-state index contributed by atoms with van der Waals surface area (Å²) < 4.78 is 4.92. The van der Waals surface area contributed by atoms with Gasteiger partial charge >= 0.3 is 0 Å². The van der Waals surface area contributed by atoms with Crippen molar-refractivity contribution in [1.29, 1.82) is 0 Å². The predicted octanol–water partition coefficient (Wildman–Crippen LogP) is 4.50. The molecule has 2 aromatic carbocycles. The molecule has 3 N–H and O–H groups in total. The molecule has 24 heavy (non-hydrogen) atoms. The Kier molecular flexibility index (Phi) is 6.04. The van der Waals surface area contributed by atoms with Gasteiger partial charge in [0.15, 0.2) is 10.1 Å². The Morgan fingerprint density at radius 1 is 1.00 bits per heavy atom. The highest BCUT2D eigenvalue weighted by Crippen LogP contribution is 2.41. The number of phenols is 3. The molecule has 0 fully saturated rings. The number of hydrogen-bond acceptors (Lipinski definition) is 5. The molecule has 0 bridgehead atoms. The van der Waals surface area contributed by atoms with Crippen molar-refractivity contribution in [3.05, 3.63) is 47.5 Å². The Morgan fingerprint density at radius 3 is 2.17 bits per heavy atom. The first kappa shape index (κ1) is 18.5. The molecular formula is C16H13Cl3O5. The van der Waals surface area contributed by atoms with Crippen LogP contribution >= 0.6 is 34.8 Å². The van der Waals surface area contributed by atoms with Gasteiger partial charge in [0, 0.05) is 12.1 Å². The summed E-state index contributed by atoms with van der Waals surface area (Å²) in [7, 11) is 0. The van der Waals surface area contributed by atoms with Gasteiger partial charge in [-0.05, 0) is 17.7 Å². The monoisotopic (exact) mass is 390 g/mol. The fourth-order valence-electron chi connectivity index (χ4n) is 2.30. The van der Waals surface area contributed by atoms with Crippen LogP contribution in [0.25, 0.3) is 0 Å². The normalized spacial score (nSPS) is 16.0. The largest absolute Gasteiger partial charge is 0.508 e. The third-order valence-electron chi connectivity index (χ3n) is 3.25. The fraction of sp³-hybridized carbons (Fsp3) is 0.188. The van der Waals surface area contributed by atoms with Crippen LogP contribution in [-0.2, 0) is 0 Å². The summed E-state index contributed by atoms with van der Waals surface area (Å²) in [6, 6.07) is 8.78. The zero-order valence-corrected chi connectivity index (χ0v) is 14.4. The van der Waals surface area contributed by atoms with Crippen LogP contribution in [0, 0.1) is 0 Å². The van der Waals surface area contributed by atoms with Gasteiger partial charge in [-0.3, -0.25) is 4.79 Å². The number of ketones is 1. The number of alkyl halides is 3. The van der Waals surface area contributed by atoms with Crippen LogP contribution in [0.1, 0.15) is 28.4 Å². The smallest absolute Gasteiger partial charge is 0.180 e. The lowest BCUT2D eigenvalue weighted by molar-refractivity contribution is 0.0845. The summed E-state index contributed by atoms with van der Waals surface area (Å²) in [5, 5.41) is 28.4. The van der Waals surface area contributed by atoms with Gasteiger partial charge in [0.25, 0.3) is 0 Å². The van der Waals surface area contributed by atoms with Gasteiger partial charge in [-0.1, -0.05) is 46.9 Å². The van der Waals surface area contributed by atoms with E-state index in [4.69, 9.17) is 39.5 Å². The second-order valence-corrected chi connectivity index (χ2v) is 6.89. The molecular weight excluding hydrogens is 379 g/mol. The lowest BCUT2D eigenvalue weighted by atomic mass is 9.95. The maximum absolute atomic E-state index is 12.1. The van der Waals surface area contributed by atoms with E-state index < -0.39 is 10.4 Å². The standard InChI is InChI=1S/C15H12O5.CHCl3/c16-9-3-1-8(2-4-9)13-7-12(19)15-11(18)5-10(17)6-14(15)20-13;2-1(3)4/h1-6,13,16-18H,7H2;1H/t13-;/m0./s1. The number of halogens is 3. The van der Waals surface area contributed by atoms with Crippen molar-refractivity contribution >= 4 is 40.6 Å². The highest BCUT2D eigenvalue weighted by atomic mass is 35.6. The van der Waals surface area contributed by atoms with Crippen LogP contribution in [-0.4, -0.2) is 25.4 Å². The van der Waals surface area contributed by atoms with Crippen molar-refractivity contribution in [3.8, 4) is 23.0 Å². The average Bonchev–Trinajstić information content (AvgIpc) is 2.46. The van der Waals surface area contributed by atoms with Crippen LogP contribution in [0.15, 0.2) is 36.4 Å². The van der Waals surface area contributed by atoms with Crippen molar-refractivity contribution in [2.45, 2.75) is 16.8 Å². The van der Waals surface area contributed by atoms with E-state index >= 15 is 0 Å². The molecule has 0 saturated carbocycles.